The Morgan fingerprint density at radius 2 is 2.31 bits per heavy atom. The molecule has 1 rings (SSSR count). The van der Waals surface area contributed by atoms with Crippen molar-refractivity contribution in [3.8, 4) is 6.07 Å². The van der Waals surface area contributed by atoms with Crippen molar-refractivity contribution in [3.63, 3.8) is 0 Å². The molecule has 13 heavy (non-hydrogen) atoms. The van der Waals surface area contributed by atoms with Crippen LogP contribution in [0.3, 0.4) is 0 Å². The standard InChI is InChI=1S/C9H6BrNO2/c1-13-9(12)7-4-2-3-6(5-11)8(7)10/h2-4H,1H3. The van der Waals surface area contributed by atoms with Crippen LogP contribution in [-0.4, -0.2) is 13.1 Å². The van der Waals surface area contributed by atoms with Crippen LogP contribution in [0.2, 0.25) is 0 Å². The van der Waals surface area contributed by atoms with Gasteiger partial charge in [0.15, 0.2) is 0 Å². The smallest absolute Gasteiger partial charge is 0.339 e. The van der Waals surface area contributed by atoms with Gasteiger partial charge in [-0.05, 0) is 28.1 Å². The summed E-state index contributed by atoms with van der Waals surface area (Å²) in [6.07, 6.45) is 0. The van der Waals surface area contributed by atoms with Gasteiger partial charge in [0, 0.05) is 4.47 Å². The first-order valence-corrected chi connectivity index (χ1v) is 4.27. The molecule has 1 aromatic carbocycles. The number of carbonyl (C=O) groups is 1. The van der Waals surface area contributed by atoms with Gasteiger partial charge < -0.3 is 4.74 Å². The molecule has 0 aliphatic carbocycles. The van der Waals surface area contributed by atoms with Crippen LogP contribution in [0, 0.1) is 11.3 Å². The molecule has 4 heteroatoms. The van der Waals surface area contributed by atoms with Gasteiger partial charge in [-0.15, -0.1) is 0 Å². The van der Waals surface area contributed by atoms with Crippen molar-refractivity contribution in [2.45, 2.75) is 0 Å². The third kappa shape index (κ3) is 1.87. The lowest BCUT2D eigenvalue weighted by atomic mass is 10.1. The van der Waals surface area contributed by atoms with Gasteiger partial charge in [0.25, 0.3) is 0 Å². The van der Waals surface area contributed by atoms with E-state index in [0.29, 0.717) is 15.6 Å². The largest absolute Gasteiger partial charge is 0.465 e. The van der Waals surface area contributed by atoms with Gasteiger partial charge in [-0.3, -0.25) is 0 Å². The van der Waals surface area contributed by atoms with Crippen LogP contribution in [0.15, 0.2) is 22.7 Å². The number of ether oxygens (including phenoxy) is 1. The lowest BCUT2D eigenvalue weighted by Gasteiger charge is -2.02. The van der Waals surface area contributed by atoms with E-state index in [0.717, 1.165) is 0 Å². The number of hydrogen-bond donors (Lipinski definition) is 0. The predicted octanol–water partition coefficient (Wildman–Crippen LogP) is 2.11. The molecule has 3 nitrogen and oxygen atoms in total. The van der Waals surface area contributed by atoms with Crippen LogP contribution in [0.1, 0.15) is 15.9 Å². The molecule has 0 spiro atoms. The van der Waals surface area contributed by atoms with Gasteiger partial charge in [-0.25, -0.2) is 4.79 Å². The number of nitrogens with zero attached hydrogens (tertiary/aromatic N) is 1. The van der Waals surface area contributed by atoms with Crippen molar-refractivity contribution < 1.29 is 9.53 Å². The molecule has 0 radical (unpaired) electrons. The normalized spacial score (nSPS) is 9.00. The van der Waals surface area contributed by atoms with E-state index in [1.807, 2.05) is 6.07 Å². The molecule has 0 amide bonds. The maximum atomic E-state index is 11.1. The van der Waals surface area contributed by atoms with Crippen LogP contribution in [0.5, 0.6) is 0 Å². The molecule has 0 saturated carbocycles. The third-order valence-electron chi connectivity index (χ3n) is 1.52. The highest BCUT2D eigenvalue weighted by Gasteiger charge is 2.12. The highest BCUT2D eigenvalue weighted by molar-refractivity contribution is 9.10. The predicted molar refractivity (Wildman–Crippen MR) is 50.2 cm³/mol. The highest BCUT2D eigenvalue weighted by atomic mass is 79.9. The summed E-state index contributed by atoms with van der Waals surface area (Å²) in [6.45, 7) is 0. The van der Waals surface area contributed by atoms with E-state index in [9.17, 15) is 4.79 Å². The maximum absolute atomic E-state index is 11.1. The van der Waals surface area contributed by atoms with Gasteiger partial charge in [0.2, 0.25) is 0 Å². The van der Waals surface area contributed by atoms with Crippen molar-refractivity contribution in [2.75, 3.05) is 7.11 Å². The molecule has 1 aromatic rings. The minimum absolute atomic E-state index is 0.363. The Bertz CT molecular complexity index is 382. The topological polar surface area (TPSA) is 50.1 Å². The summed E-state index contributed by atoms with van der Waals surface area (Å²) in [5, 5.41) is 8.67. The van der Waals surface area contributed by atoms with Gasteiger partial charge >= 0.3 is 5.97 Å². The van der Waals surface area contributed by atoms with E-state index in [-0.39, 0.29) is 0 Å². The Morgan fingerprint density at radius 1 is 1.62 bits per heavy atom. The number of carbonyl (C=O) groups excluding carboxylic acids is 1. The molecule has 0 unspecified atom stereocenters. The van der Waals surface area contributed by atoms with Crippen molar-refractivity contribution in [3.05, 3.63) is 33.8 Å². The van der Waals surface area contributed by atoms with E-state index in [1.54, 1.807) is 18.2 Å². The Hall–Kier alpha value is -1.34. The number of methoxy groups -OCH3 is 1. The molecule has 0 fully saturated rings. The summed E-state index contributed by atoms with van der Waals surface area (Å²) < 4.78 is 5.01. The summed E-state index contributed by atoms with van der Waals surface area (Å²) in [7, 11) is 1.30. The quantitative estimate of drug-likeness (QED) is 0.706. The number of esters is 1. The molecule has 0 saturated heterocycles. The molecule has 66 valence electrons. The van der Waals surface area contributed by atoms with E-state index in [1.165, 1.54) is 7.11 Å². The fourth-order valence-electron chi connectivity index (χ4n) is 0.886. The number of halogens is 1. The van der Waals surface area contributed by atoms with Crippen molar-refractivity contribution in [2.24, 2.45) is 0 Å². The van der Waals surface area contributed by atoms with Crippen LogP contribution >= 0.6 is 15.9 Å². The Morgan fingerprint density at radius 3 is 2.85 bits per heavy atom. The van der Waals surface area contributed by atoms with Crippen LogP contribution < -0.4 is 0 Å². The van der Waals surface area contributed by atoms with Gasteiger partial charge in [0.1, 0.15) is 6.07 Å². The zero-order valence-corrected chi connectivity index (χ0v) is 8.46. The van der Waals surface area contributed by atoms with Crippen molar-refractivity contribution in [1.29, 1.82) is 5.26 Å². The van der Waals surface area contributed by atoms with E-state index < -0.39 is 5.97 Å². The van der Waals surface area contributed by atoms with Crippen molar-refractivity contribution in [1.82, 2.24) is 0 Å². The molecule has 0 aromatic heterocycles. The maximum Gasteiger partial charge on any atom is 0.339 e. The molecule has 0 bridgehead atoms. The average molecular weight is 240 g/mol. The lowest BCUT2D eigenvalue weighted by molar-refractivity contribution is 0.0599. The number of hydrogen-bond acceptors (Lipinski definition) is 3. The summed E-state index contributed by atoms with van der Waals surface area (Å²) in [4.78, 5) is 11.1. The fourth-order valence-corrected chi connectivity index (χ4v) is 1.40. The monoisotopic (exact) mass is 239 g/mol. The lowest BCUT2D eigenvalue weighted by Crippen LogP contribution is -2.02. The highest BCUT2D eigenvalue weighted by Crippen LogP contribution is 2.21. The van der Waals surface area contributed by atoms with Gasteiger partial charge in [0.05, 0.1) is 18.2 Å². The summed E-state index contributed by atoms with van der Waals surface area (Å²) in [5.74, 6) is -0.455. The summed E-state index contributed by atoms with van der Waals surface area (Å²) in [5.41, 5.74) is 0.782. The third-order valence-corrected chi connectivity index (χ3v) is 2.38. The molecular weight excluding hydrogens is 234 g/mol. The molecule has 0 N–H and O–H groups in total. The minimum Gasteiger partial charge on any atom is -0.465 e. The number of rotatable bonds is 1. The second kappa shape index (κ2) is 4.06. The van der Waals surface area contributed by atoms with Crippen LogP contribution in [0.4, 0.5) is 0 Å². The Labute approximate surface area is 84.1 Å². The minimum atomic E-state index is -0.455. The summed E-state index contributed by atoms with van der Waals surface area (Å²) >= 11 is 3.16. The second-order valence-corrected chi connectivity index (χ2v) is 3.06. The van der Waals surface area contributed by atoms with Crippen LogP contribution in [0.25, 0.3) is 0 Å². The molecule has 0 aliphatic rings. The van der Waals surface area contributed by atoms with Gasteiger partial charge in [-0.1, -0.05) is 6.07 Å². The Balaban J connectivity index is 3.25. The Kier molecular flexibility index (Phi) is 3.04. The van der Waals surface area contributed by atoms with E-state index >= 15 is 0 Å². The molecule has 0 atom stereocenters. The summed E-state index contributed by atoms with van der Waals surface area (Å²) in [6, 6.07) is 6.81. The zero-order valence-electron chi connectivity index (χ0n) is 6.87. The first-order valence-electron chi connectivity index (χ1n) is 3.47. The molecule has 0 heterocycles. The van der Waals surface area contributed by atoms with Crippen LogP contribution in [-0.2, 0) is 4.74 Å². The average Bonchev–Trinajstić information content (AvgIpc) is 2.17. The van der Waals surface area contributed by atoms with E-state index in [4.69, 9.17) is 5.26 Å². The molecule has 0 aliphatic heterocycles. The number of nitriles is 1. The second-order valence-electron chi connectivity index (χ2n) is 2.27. The SMILES string of the molecule is COC(=O)c1cccc(C#N)c1Br. The number of benzene rings is 1. The first-order chi connectivity index (χ1) is 6.20. The van der Waals surface area contributed by atoms with E-state index in [2.05, 4.69) is 20.7 Å². The molecular formula is C9H6BrNO2. The zero-order chi connectivity index (χ0) is 9.84. The van der Waals surface area contributed by atoms with Gasteiger partial charge in [-0.2, -0.15) is 5.26 Å². The fraction of sp³-hybridized carbons (Fsp3) is 0.111. The van der Waals surface area contributed by atoms with Crippen molar-refractivity contribution >= 4 is 21.9 Å². The first kappa shape index (κ1) is 9.75.